The molecule has 1 heterocycles. The molecule has 25 heavy (non-hydrogen) atoms. The van der Waals surface area contributed by atoms with Gasteiger partial charge in [-0.25, -0.2) is 0 Å². The molecule has 0 saturated heterocycles. The van der Waals surface area contributed by atoms with E-state index in [4.69, 9.17) is 4.74 Å². The van der Waals surface area contributed by atoms with Gasteiger partial charge in [-0.15, -0.1) is 0 Å². The molecule has 3 aromatic carbocycles. The lowest BCUT2D eigenvalue weighted by atomic mass is 9.79. The summed E-state index contributed by atoms with van der Waals surface area (Å²) in [6.07, 6.45) is 0. The predicted octanol–water partition coefficient (Wildman–Crippen LogP) is 5.98. The number of phenolic OH excluding ortho intramolecular Hbond substituents is 1. The largest absolute Gasteiger partial charge is 0.508 e. The molecule has 0 aliphatic carbocycles. The number of benzene rings is 3. The number of ether oxygens (including phenoxy) is 1. The molecule has 0 radical (unpaired) electrons. The Labute approximate surface area is 148 Å². The highest BCUT2D eigenvalue weighted by Crippen LogP contribution is 2.49. The van der Waals surface area contributed by atoms with Crippen molar-refractivity contribution in [2.24, 2.45) is 0 Å². The minimum atomic E-state index is -0.0385. The van der Waals surface area contributed by atoms with Crippen molar-refractivity contribution in [2.45, 2.75) is 32.1 Å². The number of phenols is 1. The van der Waals surface area contributed by atoms with Crippen molar-refractivity contribution in [3.8, 4) is 17.2 Å². The van der Waals surface area contributed by atoms with Gasteiger partial charge in [-0.05, 0) is 29.2 Å². The van der Waals surface area contributed by atoms with Crippen LogP contribution in [0, 0.1) is 0 Å². The van der Waals surface area contributed by atoms with E-state index in [2.05, 4.69) is 39.0 Å². The Balaban J connectivity index is 1.97. The highest BCUT2D eigenvalue weighted by atomic mass is 16.5. The SMILES string of the molecule is CC(C)(C)c1ccc(O)c(C2c3ccccc3Oc3ccccc32)c1. The Kier molecular flexibility index (Phi) is 3.57. The highest BCUT2D eigenvalue weighted by molar-refractivity contribution is 5.60. The van der Waals surface area contributed by atoms with Crippen LogP contribution in [0.4, 0.5) is 0 Å². The second kappa shape index (κ2) is 5.66. The lowest BCUT2D eigenvalue weighted by Gasteiger charge is -2.30. The lowest BCUT2D eigenvalue weighted by molar-refractivity contribution is 0.442. The smallest absolute Gasteiger partial charge is 0.131 e. The van der Waals surface area contributed by atoms with E-state index in [0.717, 1.165) is 28.2 Å². The van der Waals surface area contributed by atoms with Crippen molar-refractivity contribution in [3.05, 3.63) is 89.0 Å². The molecular formula is C23H22O2. The second-order valence-electron chi connectivity index (χ2n) is 7.63. The quantitative estimate of drug-likeness (QED) is 0.465. The Morgan fingerprint density at radius 2 is 1.32 bits per heavy atom. The van der Waals surface area contributed by atoms with Crippen LogP contribution in [0.2, 0.25) is 0 Å². The Hall–Kier alpha value is -2.74. The highest BCUT2D eigenvalue weighted by Gasteiger charge is 2.30. The Bertz CT molecular complexity index is 889. The topological polar surface area (TPSA) is 29.5 Å². The van der Waals surface area contributed by atoms with Crippen molar-refractivity contribution < 1.29 is 9.84 Å². The van der Waals surface area contributed by atoms with Crippen molar-refractivity contribution in [3.63, 3.8) is 0 Å². The maximum atomic E-state index is 10.7. The van der Waals surface area contributed by atoms with Gasteiger partial charge in [-0.2, -0.15) is 0 Å². The van der Waals surface area contributed by atoms with Gasteiger partial charge < -0.3 is 9.84 Å². The van der Waals surface area contributed by atoms with Gasteiger partial charge in [0.25, 0.3) is 0 Å². The summed E-state index contributed by atoms with van der Waals surface area (Å²) in [6, 6.07) is 22.1. The van der Waals surface area contributed by atoms with Gasteiger partial charge in [-0.1, -0.05) is 69.3 Å². The summed E-state index contributed by atoms with van der Waals surface area (Å²) >= 11 is 0. The Morgan fingerprint density at radius 3 is 1.88 bits per heavy atom. The number of hydrogen-bond donors (Lipinski definition) is 1. The molecule has 0 atom stereocenters. The fraction of sp³-hybridized carbons (Fsp3) is 0.217. The zero-order valence-electron chi connectivity index (χ0n) is 14.8. The first-order valence-electron chi connectivity index (χ1n) is 8.64. The summed E-state index contributed by atoms with van der Waals surface area (Å²) in [6.45, 7) is 6.57. The maximum absolute atomic E-state index is 10.7. The first kappa shape index (κ1) is 15.8. The van der Waals surface area contributed by atoms with E-state index in [1.807, 2.05) is 48.5 Å². The summed E-state index contributed by atoms with van der Waals surface area (Å²) in [7, 11) is 0. The van der Waals surface area contributed by atoms with Crippen LogP contribution in [0.15, 0.2) is 66.7 Å². The van der Waals surface area contributed by atoms with Gasteiger partial charge in [0.05, 0.1) is 0 Å². The molecule has 3 aromatic rings. The van der Waals surface area contributed by atoms with Crippen LogP contribution in [0.5, 0.6) is 17.2 Å². The van der Waals surface area contributed by atoms with Gasteiger partial charge >= 0.3 is 0 Å². The van der Waals surface area contributed by atoms with Crippen molar-refractivity contribution >= 4 is 0 Å². The van der Waals surface area contributed by atoms with E-state index in [-0.39, 0.29) is 11.3 Å². The van der Waals surface area contributed by atoms with Crippen molar-refractivity contribution in [1.29, 1.82) is 0 Å². The summed E-state index contributed by atoms with van der Waals surface area (Å²) in [5, 5.41) is 10.7. The third-order valence-electron chi connectivity index (χ3n) is 4.88. The minimum Gasteiger partial charge on any atom is -0.508 e. The number of hydrogen-bond acceptors (Lipinski definition) is 2. The van der Waals surface area contributed by atoms with Crippen LogP contribution in [0.1, 0.15) is 48.9 Å². The van der Waals surface area contributed by atoms with Crippen LogP contribution in [0.3, 0.4) is 0 Å². The zero-order valence-corrected chi connectivity index (χ0v) is 14.8. The Morgan fingerprint density at radius 1 is 0.760 bits per heavy atom. The van der Waals surface area contributed by atoms with E-state index >= 15 is 0 Å². The standard InChI is InChI=1S/C23H22O2/c1-23(2,3)15-12-13-19(24)18(14-15)22-16-8-4-6-10-20(16)25-21-11-7-5-9-17(21)22/h4-14,22,24H,1-3H3. The molecule has 0 amide bonds. The molecule has 0 aromatic heterocycles. The first-order valence-corrected chi connectivity index (χ1v) is 8.64. The molecule has 0 unspecified atom stereocenters. The average Bonchev–Trinajstić information content (AvgIpc) is 2.59. The molecule has 0 fully saturated rings. The zero-order chi connectivity index (χ0) is 17.6. The lowest BCUT2D eigenvalue weighted by Crippen LogP contribution is -2.15. The monoisotopic (exact) mass is 330 g/mol. The van der Waals surface area contributed by atoms with Crippen LogP contribution in [-0.2, 0) is 5.41 Å². The fourth-order valence-corrected chi connectivity index (χ4v) is 3.50. The first-order chi connectivity index (χ1) is 11.9. The molecule has 2 nitrogen and oxygen atoms in total. The van der Waals surface area contributed by atoms with E-state index in [0.29, 0.717) is 5.75 Å². The molecule has 1 N–H and O–H groups in total. The molecule has 4 rings (SSSR count). The molecule has 2 heteroatoms. The molecule has 0 saturated carbocycles. The summed E-state index contributed by atoms with van der Waals surface area (Å²) in [4.78, 5) is 0. The number of para-hydroxylation sites is 2. The van der Waals surface area contributed by atoms with E-state index in [1.54, 1.807) is 0 Å². The predicted molar refractivity (Wildman–Crippen MR) is 101 cm³/mol. The van der Waals surface area contributed by atoms with Gasteiger partial charge in [-0.3, -0.25) is 0 Å². The molecule has 0 spiro atoms. The molecule has 126 valence electrons. The molecular weight excluding hydrogens is 308 g/mol. The number of aromatic hydroxyl groups is 1. The van der Waals surface area contributed by atoms with E-state index in [9.17, 15) is 5.11 Å². The van der Waals surface area contributed by atoms with Gasteiger partial charge in [0.15, 0.2) is 0 Å². The summed E-state index contributed by atoms with van der Waals surface area (Å²) in [5.74, 6) is 1.99. The third-order valence-corrected chi connectivity index (χ3v) is 4.88. The third kappa shape index (κ3) is 2.68. The molecule has 1 aliphatic heterocycles. The van der Waals surface area contributed by atoms with Gasteiger partial charge in [0, 0.05) is 22.6 Å². The fourth-order valence-electron chi connectivity index (χ4n) is 3.50. The van der Waals surface area contributed by atoms with Gasteiger partial charge in [0.2, 0.25) is 0 Å². The average molecular weight is 330 g/mol. The summed E-state index contributed by atoms with van der Waals surface area (Å²) in [5.41, 5.74) is 4.33. The van der Waals surface area contributed by atoms with Gasteiger partial charge in [0.1, 0.15) is 17.2 Å². The van der Waals surface area contributed by atoms with Crippen LogP contribution in [0.25, 0.3) is 0 Å². The van der Waals surface area contributed by atoms with E-state index in [1.165, 1.54) is 5.56 Å². The van der Waals surface area contributed by atoms with Crippen LogP contribution >= 0.6 is 0 Å². The number of rotatable bonds is 1. The van der Waals surface area contributed by atoms with E-state index < -0.39 is 0 Å². The molecule has 1 aliphatic rings. The normalized spacial score (nSPS) is 13.7. The second-order valence-corrected chi connectivity index (χ2v) is 7.63. The maximum Gasteiger partial charge on any atom is 0.131 e. The minimum absolute atomic E-state index is 0.0205. The van der Waals surface area contributed by atoms with Crippen LogP contribution in [-0.4, -0.2) is 5.11 Å². The van der Waals surface area contributed by atoms with Crippen molar-refractivity contribution in [1.82, 2.24) is 0 Å². The summed E-state index contributed by atoms with van der Waals surface area (Å²) < 4.78 is 6.08. The number of fused-ring (bicyclic) bond motifs is 2. The molecule has 0 bridgehead atoms. The van der Waals surface area contributed by atoms with Crippen molar-refractivity contribution in [2.75, 3.05) is 0 Å². The van der Waals surface area contributed by atoms with Crippen LogP contribution < -0.4 is 4.74 Å².